The number of ether oxygens (including phenoxy) is 3. The van der Waals surface area contributed by atoms with Crippen LogP contribution in [0.25, 0.3) is 0 Å². The van der Waals surface area contributed by atoms with Gasteiger partial charge < -0.3 is 19.5 Å². The first-order valence-electron chi connectivity index (χ1n) is 8.91. The standard InChI is InChI=1S/C21H25NO4/c1-24-15-16-26-19-9-7-18(8-10-19)22-20(23)21(11-13-25-14-12-21)17-5-3-2-4-6-17/h2-10H,11-16H2,1H3,(H,22,23). The normalized spacial score (nSPS) is 16.0. The first kappa shape index (κ1) is 18.4. The summed E-state index contributed by atoms with van der Waals surface area (Å²) in [4.78, 5) is 13.2. The number of benzene rings is 2. The van der Waals surface area contributed by atoms with Crippen LogP contribution in [0.4, 0.5) is 5.69 Å². The maximum atomic E-state index is 13.2. The van der Waals surface area contributed by atoms with Crippen molar-refractivity contribution in [3.8, 4) is 5.75 Å². The van der Waals surface area contributed by atoms with Gasteiger partial charge in [-0.25, -0.2) is 0 Å². The smallest absolute Gasteiger partial charge is 0.235 e. The Balaban J connectivity index is 1.72. The molecule has 0 unspecified atom stereocenters. The second-order valence-electron chi connectivity index (χ2n) is 6.38. The lowest BCUT2D eigenvalue weighted by molar-refractivity contribution is -0.125. The third-order valence-electron chi connectivity index (χ3n) is 4.78. The zero-order valence-electron chi connectivity index (χ0n) is 15.1. The first-order chi connectivity index (χ1) is 12.7. The Bertz CT molecular complexity index is 694. The Hall–Kier alpha value is -2.37. The van der Waals surface area contributed by atoms with Gasteiger partial charge in [-0.05, 0) is 42.7 Å². The van der Waals surface area contributed by atoms with Crippen molar-refractivity contribution in [1.82, 2.24) is 0 Å². The van der Waals surface area contributed by atoms with Crippen molar-refractivity contribution < 1.29 is 19.0 Å². The van der Waals surface area contributed by atoms with Crippen LogP contribution in [0, 0.1) is 0 Å². The Morgan fingerprint density at radius 2 is 1.73 bits per heavy atom. The van der Waals surface area contributed by atoms with Crippen molar-refractivity contribution >= 4 is 11.6 Å². The summed E-state index contributed by atoms with van der Waals surface area (Å²) in [5.74, 6) is 0.768. The van der Waals surface area contributed by atoms with E-state index in [1.54, 1.807) is 7.11 Å². The molecule has 0 atom stereocenters. The van der Waals surface area contributed by atoms with Crippen molar-refractivity contribution in [1.29, 1.82) is 0 Å². The van der Waals surface area contributed by atoms with Gasteiger partial charge in [-0.3, -0.25) is 4.79 Å². The van der Waals surface area contributed by atoms with Crippen LogP contribution >= 0.6 is 0 Å². The van der Waals surface area contributed by atoms with Gasteiger partial charge in [0.2, 0.25) is 5.91 Å². The van der Waals surface area contributed by atoms with Crippen LogP contribution in [0.1, 0.15) is 18.4 Å². The molecule has 0 aliphatic carbocycles. The highest BCUT2D eigenvalue weighted by Crippen LogP contribution is 2.36. The zero-order chi connectivity index (χ0) is 18.2. The van der Waals surface area contributed by atoms with Crippen LogP contribution in [0.2, 0.25) is 0 Å². The van der Waals surface area contributed by atoms with Crippen LogP contribution in [0.3, 0.4) is 0 Å². The average molecular weight is 355 g/mol. The fourth-order valence-corrected chi connectivity index (χ4v) is 3.25. The van der Waals surface area contributed by atoms with E-state index in [1.165, 1.54) is 0 Å². The Kier molecular flexibility index (Phi) is 6.26. The quantitative estimate of drug-likeness (QED) is 0.774. The Morgan fingerprint density at radius 3 is 2.38 bits per heavy atom. The lowest BCUT2D eigenvalue weighted by Crippen LogP contribution is -2.44. The third kappa shape index (κ3) is 4.23. The predicted octanol–water partition coefficient (Wildman–Crippen LogP) is 3.40. The first-order valence-corrected chi connectivity index (χ1v) is 8.91. The summed E-state index contributed by atoms with van der Waals surface area (Å²) in [6.45, 7) is 2.22. The van der Waals surface area contributed by atoms with E-state index in [0.29, 0.717) is 39.3 Å². The van der Waals surface area contributed by atoms with Crippen LogP contribution in [0.5, 0.6) is 5.75 Å². The number of amides is 1. The summed E-state index contributed by atoms with van der Waals surface area (Å²) in [5.41, 5.74) is 1.25. The molecule has 5 heteroatoms. The molecule has 2 aromatic carbocycles. The van der Waals surface area contributed by atoms with Gasteiger partial charge in [0, 0.05) is 26.0 Å². The number of carbonyl (C=O) groups excluding carboxylic acids is 1. The number of nitrogens with one attached hydrogen (secondary N) is 1. The minimum Gasteiger partial charge on any atom is -0.491 e. The molecule has 1 aliphatic heterocycles. The Morgan fingerprint density at radius 1 is 1.04 bits per heavy atom. The van der Waals surface area contributed by atoms with Crippen molar-refractivity contribution in [3.63, 3.8) is 0 Å². The maximum absolute atomic E-state index is 13.2. The van der Waals surface area contributed by atoms with E-state index in [4.69, 9.17) is 14.2 Å². The second kappa shape index (κ2) is 8.83. The molecule has 1 N–H and O–H groups in total. The van der Waals surface area contributed by atoms with Crippen molar-refractivity contribution in [2.24, 2.45) is 0 Å². The Labute approximate surface area is 154 Å². The van der Waals surface area contributed by atoms with Gasteiger partial charge in [0.1, 0.15) is 12.4 Å². The monoisotopic (exact) mass is 355 g/mol. The van der Waals surface area contributed by atoms with E-state index < -0.39 is 5.41 Å². The molecular weight excluding hydrogens is 330 g/mol. The molecule has 1 fully saturated rings. The van der Waals surface area contributed by atoms with E-state index >= 15 is 0 Å². The van der Waals surface area contributed by atoms with Gasteiger partial charge in [0.15, 0.2) is 0 Å². The molecule has 0 spiro atoms. The second-order valence-corrected chi connectivity index (χ2v) is 6.38. The molecule has 1 amide bonds. The third-order valence-corrected chi connectivity index (χ3v) is 4.78. The topological polar surface area (TPSA) is 56.8 Å². The SMILES string of the molecule is COCCOc1ccc(NC(=O)C2(c3ccccc3)CCOCC2)cc1. The largest absolute Gasteiger partial charge is 0.491 e. The summed E-state index contributed by atoms with van der Waals surface area (Å²) < 4.78 is 16.0. The number of carbonyl (C=O) groups is 1. The lowest BCUT2D eigenvalue weighted by atomic mass is 9.73. The summed E-state index contributed by atoms with van der Waals surface area (Å²) >= 11 is 0. The van der Waals surface area contributed by atoms with Crippen LogP contribution in [-0.4, -0.2) is 39.4 Å². The van der Waals surface area contributed by atoms with Crippen molar-refractivity contribution in [2.75, 3.05) is 38.9 Å². The molecule has 3 rings (SSSR count). The molecule has 26 heavy (non-hydrogen) atoms. The molecule has 0 saturated carbocycles. The highest BCUT2D eigenvalue weighted by molar-refractivity contribution is 5.99. The molecular formula is C21H25NO4. The molecule has 0 aromatic heterocycles. The van der Waals surface area contributed by atoms with E-state index in [-0.39, 0.29) is 5.91 Å². The molecule has 1 saturated heterocycles. The van der Waals surface area contributed by atoms with Crippen molar-refractivity contribution in [2.45, 2.75) is 18.3 Å². The number of anilines is 1. The summed E-state index contributed by atoms with van der Waals surface area (Å²) in [6.07, 6.45) is 1.36. The minimum absolute atomic E-state index is 0.0139. The number of hydrogen-bond acceptors (Lipinski definition) is 4. The maximum Gasteiger partial charge on any atom is 0.235 e. The van der Waals surface area contributed by atoms with Gasteiger partial charge in [-0.1, -0.05) is 30.3 Å². The molecule has 2 aromatic rings. The molecule has 138 valence electrons. The minimum atomic E-state index is -0.548. The highest BCUT2D eigenvalue weighted by Gasteiger charge is 2.41. The highest BCUT2D eigenvalue weighted by atomic mass is 16.5. The van der Waals surface area contributed by atoms with Gasteiger partial charge in [-0.15, -0.1) is 0 Å². The predicted molar refractivity (Wildman–Crippen MR) is 101 cm³/mol. The van der Waals surface area contributed by atoms with Crippen LogP contribution < -0.4 is 10.1 Å². The van der Waals surface area contributed by atoms with E-state index in [9.17, 15) is 4.79 Å². The van der Waals surface area contributed by atoms with Gasteiger partial charge in [-0.2, -0.15) is 0 Å². The van der Waals surface area contributed by atoms with Gasteiger partial charge >= 0.3 is 0 Å². The fraction of sp³-hybridized carbons (Fsp3) is 0.381. The van der Waals surface area contributed by atoms with Gasteiger partial charge in [0.25, 0.3) is 0 Å². The summed E-state index contributed by atoms with van der Waals surface area (Å²) in [6, 6.07) is 17.4. The fourth-order valence-electron chi connectivity index (χ4n) is 3.25. The van der Waals surface area contributed by atoms with E-state index in [1.807, 2.05) is 54.6 Å². The van der Waals surface area contributed by atoms with Crippen LogP contribution in [0.15, 0.2) is 54.6 Å². The van der Waals surface area contributed by atoms with E-state index in [0.717, 1.165) is 17.0 Å². The number of rotatable bonds is 7. The average Bonchev–Trinajstić information content (AvgIpc) is 2.70. The van der Waals surface area contributed by atoms with Crippen molar-refractivity contribution in [3.05, 3.63) is 60.2 Å². The van der Waals surface area contributed by atoms with Crippen LogP contribution in [-0.2, 0) is 19.7 Å². The molecule has 1 aliphatic rings. The molecule has 0 radical (unpaired) electrons. The summed E-state index contributed by atoms with van der Waals surface area (Å²) in [7, 11) is 1.64. The zero-order valence-corrected chi connectivity index (χ0v) is 15.1. The summed E-state index contributed by atoms with van der Waals surface area (Å²) in [5, 5.41) is 3.07. The number of methoxy groups -OCH3 is 1. The van der Waals surface area contributed by atoms with E-state index in [2.05, 4.69) is 5.32 Å². The molecule has 1 heterocycles. The molecule has 5 nitrogen and oxygen atoms in total. The van der Waals surface area contributed by atoms with Gasteiger partial charge in [0.05, 0.1) is 12.0 Å². The molecule has 0 bridgehead atoms. The lowest BCUT2D eigenvalue weighted by Gasteiger charge is -2.36. The number of hydrogen-bond donors (Lipinski definition) is 1.